The average Bonchev–Trinajstić information content (AvgIpc) is 2.89. The van der Waals surface area contributed by atoms with Crippen LogP contribution in [0.4, 0.5) is 13.2 Å². The molecule has 0 saturated heterocycles. The maximum Gasteiger partial charge on any atom is 0.426 e. The molecule has 0 aromatic carbocycles. The van der Waals surface area contributed by atoms with Crippen molar-refractivity contribution in [2.45, 2.75) is 6.18 Å². The van der Waals surface area contributed by atoms with Crippen molar-refractivity contribution in [3.8, 4) is 17.7 Å². The van der Waals surface area contributed by atoms with Crippen LogP contribution in [0.15, 0.2) is 12.4 Å². The molecular weight excluding hydrogens is 267 g/mol. The summed E-state index contributed by atoms with van der Waals surface area (Å²) >= 11 is 0. The summed E-state index contributed by atoms with van der Waals surface area (Å²) < 4.78 is 49.0. The number of ether oxygens (including phenoxy) is 2. The Bertz CT molecular complexity index is 545. The number of nitrogens with zero attached hydrogens (tertiary/aromatic N) is 5. The van der Waals surface area contributed by atoms with Crippen LogP contribution in [-0.2, 0) is 6.18 Å². The number of halogens is 3. The van der Waals surface area contributed by atoms with Gasteiger partial charge in [0.25, 0.3) is 5.95 Å². The number of aromatic nitrogens is 5. The van der Waals surface area contributed by atoms with E-state index in [-0.39, 0.29) is 5.95 Å². The Morgan fingerprint density at radius 1 is 1.11 bits per heavy atom. The van der Waals surface area contributed by atoms with E-state index in [0.29, 0.717) is 0 Å². The molecule has 0 saturated carbocycles. The maximum absolute atomic E-state index is 12.9. The van der Waals surface area contributed by atoms with Gasteiger partial charge in [0.15, 0.2) is 5.56 Å². The molecule has 102 valence electrons. The molecule has 0 aliphatic carbocycles. The van der Waals surface area contributed by atoms with E-state index in [1.54, 1.807) is 0 Å². The lowest BCUT2D eigenvalue weighted by molar-refractivity contribution is -0.140. The third-order valence-corrected chi connectivity index (χ3v) is 2.13. The van der Waals surface area contributed by atoms with Crippen molar-refractivity contribution in [2.24, 2.45) is 0 Å². The summed E-state index contributed by atoms with van der Waals surface area (Å²) in [5.74, 6) is -1.44. The Morgan fingerprint density at radius 2 is 1.68 bits per heavy atom. The van der Waals surface area contributed by atoms with Crippen molar-refractivity contribution in [1.29, 1.82) is 0 Å². The van der Waals surface area contributed by atoms with Gasteiger partial charge in [0.1, 0.15) is 0 Å². The van der Waals surface area contributed by atoms with E-state index in [4.69, 9.17) is 0 Å². The molecule has 0 N–H and O–H groups in total. The summed E-state index contributed by atoms with van der Waals surface area (Å²) in [7, 11) is 2.14. The minimum atomic E-state index is -4.70. The van der Waals surface area contributed by atoms with Crippen LogP contribution in [0.25, 0.3) is 5.95 Å². The van der Waals surface area contributed by atoms with Gasteiger partial charge in [-0.2, -0.15) is 27.8 Å². The highest BCUT2D eigenvalue weighted by atomic mass is 19.4. The Labute approximate surface area is 105 Å². The van der Waals surface area contributed by atoms with Gasteiger partial charge >= 0.3 is 6.18 Å². The van der Waals surface area contributed by atoms with Gasteiger partial charge < -0.3 is 9.47 Å². The second-order valence-electron chi connectivity index (χ2n) is 3.26. The van der Waals surface area contributed by atoms with Crippen LogP contribution in [0.1, 0.15) is 5.56 Å². The monoisotopic (exact) mass is 275 g/mol. The van der Waals surface area contributed by atoms with E-state index >= 15 is 0 Å². The maximum atomic E-state index is 12.9. The predicted octanol–water partition coefficient (Wildman–Crippen LogP) is 1.09. The van der Waals surface area contributed by atoms with Gasteiger partial charge in [0.05, 0.1) is 26.6 Å². The van der Waals surface area contributed by atoms with Crippen LogP contribution in [0, 0.1) is 0 Å². The van der Waals surface area contributed by atoms with Crippen LogP contribution >= 0.6 is 0 Å². The molecule has 0 bridgehead atoms. The van der Waals surface area contributed by atoms with Gasteiger partial charge in [-0.05, 0) is 0 Å². The molecule has 0 aliphatic rings. The number of methoxy groups -OCH3 is 2. The molecule has 10 heteroatoms. The normalized spacial score (nSPS) is 11.4. The highest BCUT2D eigenvalue weighted by Crippen LogP contribution is 2.40. The van der Waals surface area contributed by atoms with Crippen molar-refractivity contribution in [3.05, 3.63) is 18.0 Å². The van der Waals surface area contributed by atoms with Gasteiger partial charge in [-0.15, -0.1) is 5.10 Å². The fourth-order valence-electron chi connectivity index (χ4n) is 1.37. The Morgan fingerprint density at radius 3 is 2.05 bits per heavy atom. The molecule has 0 aliphatic heterocycles. The molecule has 2 rings (SSSR count). The quantitative estimate of drug-likeness (QED) is 0.834. The van der Waals surface area contributed by atoms with Crippen LogP contribution in [0.5, 0.6) is 11.8 Å². The lowest BCUT2D eigenvalue weighted by atomic mass is 10.3. The third-order valence-electron chi connectivity index (χ3n) is 2.13. The summed E-state index contributed by atoms with van der Waals surface area (Å²) in [5, 5.41) is 7.09. The number of rotatable bonds is 3. The first-order valence-corrected chi connectivity index (χ1v) is 4.91. The minimum Gasteiger partial charge on any atom is -0.480 e. The molecule has 0 spiro atoms. The summed E-state index contributed by atoms with van der Waals surface area (Å²) in [6.07, 6.45) is -1.99. The molecule has 7 nitrogen and oxygen atoms in total. The SMILES string of the molecule is COc1nc(-n2ccnn2)nc(OC)c1C(F)(F)F. The fraction of sp³-hybridized carbons (Fsp3) is 0.333. The zero-order valence-corrected chi connectivity index (χ0v) is 9.84. The van der Waals surface area contributed by atoms with Crippen molar-refractivity contribution in [3.63, 3.8) is 0 Å². The van der Waals surface area contributed by atoms with Crippen LogP contribution in [0.3, 0.4) is 0 Å². The van der Waals surface area contributed by atoms with Gasteiger partial charge in [0, 0.05) is 0 Å². The Balaban J connectivity index is 2.65. The van der Waals surface area contributed by atoms with Crippen molar-refractivity contribution in [2.75, 3.05) is 14.2 Å². The zero-order chi connectivity index (χ0) is 14.0. The van der Waals surface area contributed by atoms with E-state index in [2.05, 4.69) is 29.8 Å². The van der Waals surface area contributed by atoms with Crippen molar-refractivity contribution >= 4 is 0 Å². The lowest BCUT2D eigenvalue weighted by Gasteiger charge is -2.14. The molecule has 2 heterocycles. The second kappa shape index (κ2) is 4.71. The van der Waals surface area contributed by atoms with E-state index in [1.807, 2.05) is 0 Å². The highest BCUT2D eigenvalue weighted by molar-refractivity contribution is 5.40. The molecule has 0 amide bonds. The van der Waals surface area contributed by atoms with Crippen LogP contribution < -0.4 is 9.47 Å². The molecular formula is C9H8F3N5O2. The molecule has 2 aromatic heterocycles. The molecule has 0 radical (unpaired) electrons. The largest absolute Gasteiger partial charge is 0.480 e. The number of alkyl halides is 3. The first kappa shape index (κ1) is 13.1. The van der Waals surface area contributed by atoms with E-state index < -0.39 is 23.5 Å². The van der Waals surface area contributed by atoms with E-state index in [1.165, 1.54) is 12.4 Å². The van der Waals surface area contributed by atoms with E-state index in [9.17, 15) is 13.2 Å². The second-order valence-corrected chi connectivity index (χ2v) is 3.26. The summed E-state index contributed by atoms with van der Waals surface area (Å²) in [6.45, 7) is 0. The van der Waals surface area contributed by atoms with E-state index in [0.717, 1.165) is 18.9 Å². The lowest BCUT2D eigenvalue weighted by Crippen LogP contribution is -2.15. The molecule has 0 fully saturated rings. The first-order chi connectivity index (χ1) is 8.97. The average molecular weight is 275 g/mol. The Hall–Kier alpha value is -2.39. The zero-order valence-electron chi connectivity index (χ0n) is 9.84. The molecule has 0 unspecified atom stereocenters. The molecule has 19 heavy (non-hydrogen) atoms. The van der Waals surface area contributed by atoms with Crippen molar-refractivity contribution in [1.82, 2.24) is 25.0 Å². The molecule has 2 aromatic rings. The van der Waals surface area contributed by atoms with Gasteiger partial charge in [-0.3, -0.25) is 0 Å². The van der Waals surface area contributed by atoms with Gasteiger partial charge in [0.2, 0.25) is 11.8 Å². The number of hydrogen-bond donors (Lipinski definition) is 0. The standard InChI is InChI=1S/C9H8F3N5O2/c1-18-6-5(9(10,11)12)7(19-2)15-8(14-6)17-4-3-13-16-17/h3-4H,1-2H3. The summed E-state index contributed by atoms with van der Waals surface area (Å²) in [4.78, 5) is 7.27. The predicted molar refractivity (Wildman–Crippen MR) is 55.1 cm³/mol. The first-order valence-electron chi connectivity index (χ1n) is 4.91. The van der Waals surface area contributed by atoms with Crippen LogP contribution in [-0.4, -0.2) is 39.2 Å². The summed E-state index contributed by atoms with van der Waals surface area (Å²) in [5.41, 5.74) is -1.18. The fourth-order valence-corrected chi connectivity index (χ4v) is 1.37. The molecule has 0 atom stereocenters. The topological polar surface area (TPSA) is 75.0 Å². The smallest absolute Gasteiger partial charge is 0.426 e. The highest BCUT2D eigenvalue weighted by Gasteiger charge is 2.41. The van der Waals surface area contributed by atoms with Crippen molar-refractivity contribution < 1.29 is 22.6 Å². The minimum absolute atomic E-state index is 0.140. The number of hydrogen-bond acceptors (Lipinski definition) is 6. The third kappa shape index (κ3) is 2.41. The van der Waals surface area contributed by atoms with Gasteiger partial charge in [-0.25, -0.2) is 0 Å². The van der Waals surface area contributed by atoms with Crippen LogP contribution in [0.2, 0.25) is 0 Å². The van der Waals surface area contributed by atoms with Gasteiger partial charge in [-0.1, -0.05) is 5.21 Å². The summed E-state index contributed by atoms with van der Waals surface area (Å²) in [6, 6.07) is 0. The Kier molecular flexibility index (Phi) is 3.23.